The molecule has 0 radical (unpaired) electrons. The Balaban J connectivity index is 1.91. The molecule has 0 unspecified atom stereocenters. The van der Waals surface area contributed by atoms with Crippen LogP contribution < -0.4 is 0 Å². The summed E-state index contributed by atoms with van der Waals surface area (Å²) in [6.45, 7) is 5.76. The fourth-order valence-corrected chi connectivity index (χ4v) is 2.17. The van der Waals surface area contributed by atoms with E-state index in [1.165, 1.54) is 0 Å². The lowest BCUT2D eigenvalue weighted by Crippen LogP contribution is -2.41. The third-order valence-electron chi connectivity index (χ3n) is 2.80. The molecule has 3 heteroatoms. The van der Waals surface area contributed by atoms with Crippen LogP contribution in [0.1, 0.15) is 26.7 Å². The Morgan fingerprint density at radius 2 is 2.38 bits per heavy atom. The van der Waals surface area contributed by atoms with Gasteiger partial charge in [0.2, 0.25) is 5.91 Å². The second-order valence-electron chi connectivity index (χ2n) is 4.49. The molecule has 3 nitrogen and oxygen atoms in total. The molecule has 0 aromatic rings. The maximum atomic E-state index is 11.7. The number of hydrogen-bond acceptors (Lipinski definition) is 2. The van der Waals surface area contributed by atoms with Crippen LogP contribution in [-0.2, 0) is 9.53 Å². The van der Waals surface area contributed by atoms with Gasteiger partial charge in [0.15, 0.2) is 0 Å². The van der Waals surface area contributed by atoms with Crippen molar-refractivity contribution < 1.29 is 9.53 Å². The van der Waals surface area contributed by atoms with E-state index in [-0.39, 0.29) is 0 Å². The molecular weight excluding hydrogens is 166 g/mol. The van der Waals surface area contributed by atoms with Crippen LogP contribution in [0.15, 0.2) is 0 Å². The van der Waals surface area contributed by atoms with Gasteiger partial charge >= 0.3 is 0 Å². The number of fused-ring (bicyclic) bond motifs is 2. The Labute approximate surface area is 79.0 Å². The van der Waals surface area contributed by atoms with Gasteiger partial charge in [-0.3, -0.25) is 4.79 Å². The largest absolute Gasteiger partial charge is 0.374 e. The maximum Gasteiger partial charge on any atom is 0.223 e. The van der Waals surface area contributed by atoms with Gasteiger partial charge in [0.05, 0.1) is 18.8 Å². The van der Waals surface area contributed by atoms with E-state index < -0.39 is 0 Å². The minimum Gasteiger partial charge on any atom is -0.374 e. The Kier molecular flexibility index (Phi) is 2.28. The molecule has 0 aromatic carbocycles. The van der Waals surface area contributed by atoms with Crippen molar-refractivity contribution in [3.8, 4) is 0 Å². The van der Waals surface area contributed by atoms with Crippen LogP contribution in [0, 0.1) is 5.92 Å². The highest BCUT2D eigenvalue weighted by molar-refractivity contribution is 5.77. The van der Waals surface area contributed by atoms with Crippen LogP contribution in [0.3, 0.4) is 0 Å². The summed E-state index contributed by atoms with van der Waals surface area (Å²) >= 11 is 0. The Bertz CT molecular complexity index is 215. The lowest BCUT2D eigenvalue weighted by Gasteiger charge is -2.27. The number of rotatable bonds is 2. The van der Waals surface area contributed by atoms with E-state index in [0.29, 0.717) is 30.4 Å². The molecule has 0 N–H and O–H groups in total. The number of ether oxygens (including phenoxy) is 1. The first-order chi connectivity index (χ1) is 6.16. The van der Waals surface area contributed by atoms with Crippen molar-refractivity contribution in [1.29, 1.82) is 0 Å². The van der Waals surface area contributed by atoms with Crippen molar-refractivity contribution in [2.75, 3.05) is 13.2 Å². The van der Waals surface area contributed by atoms with Gasteiger partial charge in [-0.25, -0.2) is 0 Å². The zero-order chi connectivity index (χ0) is 9.42. The molecule has 0 saturated carbocycles. The van der Waals surface area contributed by atoms with E-state index in [9.17, 15) is 4.79 Å². The second kappa shape index (κ2) is 3.29. The summed E-state index contributed by atoms with van der Waals surface area (Å²) in [6.07, 6.45) is 2.08. The standard InChI is InChI=1S/C10H17NO2/c1-7(2)3-10(12)11-5-9-4-8(11)6-13-9/h7-9H,3-6H2,1-2H3/t8-,9-/m0/s1. The minimum absolute atomic E-state index is 0.311. The average molecular weight is 183 g/mol. The van der Waals surface area contributed by atoms with E-state index in [1.807, 2.05) is 4.90 Å². The van der Waals surface area contributed by atoms with Crippen LogP contribution in [0.5, 0.6) is 0 Å². The monoisotopic (exact) mass is 183 g/mol. The molecule has 1 amide bonds. The molecule has 0 aliphatic carbocycles. The van der Waals surface area contributed by atoms with E-state index in [0.717, 1.165) is 19.6 Å². The Morgan fingerprint density at radius 1 is 1.62 bits per heavy atom. The molecule has 2 aliphatic rings. The highest BCUT2D eigenvalue weighted by Gasteiger charge is 2.41. The van der Waals surface area contributed by atoms with Crippen LogP contribution in [0.2, 0.25) is 0 Å². The molecule has 2 rings (SSSR count). The average Bonchev–Trinajstić information content (AvgIpc) is 2.62. The maximum absolute atomic E-state index is 11.7. The van der Waals surface area contributed by atoms with Crippen molar-refractivity contribution >= 4 is 5.91 Å². The summed E-state index contributed by atoms with van der Waals surface area (Å²) in [5.41, 5.74) is 0. The topological polar surface area (TPSA) is 29.5 Å². The van der Waals surface area contributed by atoms with Crippen LogP contribution in [-0.4, -0.2) is 36.1 Å². The van der Waals surface area contributed by atoms with E-state index in [4.69, 9.17) is 4.74 Å². The fraction of sp³-hybridized carbons (Fsp3) is 0.900. The first kappa shape index (κ1) is 9.00. The molecule has 0 aromatic heterocycles. The SMILES string of the molecule is CC(C)CC(=O)N1C[C@@H]2C[C@H]1CO2. The van der Waals surface area contributed by atoms with Gasteiger partial charge in [-0.15, -0.1) is 0 Å². The van der Waals surface area contributed by atoms with Crippen LogP contribution in [0.25, 0.3) is 0 Å². The van der Waals surface area contributed by atoms with Gasteiger partial charge in [0, 0.05) is 13.0 Å². The second-order valence-corrected chi connectivity index (χ2v) is 4.49. The predicted molar refractivity (Wildman–Crippen MR) is 49.3 cm³/mol. The summed E-state index contributed by atoms with van der Waals surface area (Å²) in [6, 6.07) is 0.385. The lowest BCUT2D eigenvalue weighted by molar-refractivity contribution is -0.136. The molecule has 2 bridgehead atoms. The first-order valence-corrected chi connectivity index (χ1v) is 5.08. The summed E-state index contributed by atoms with van der Waals surface area (Å²) in [5.74, 6) is 0.776. The number of likely N-dealkylation sites (tertiary alicyclic amines) is 1. The number of hydrogen-bond donors (Lipinski definition) is 0. The van der Waals surface area contributed by atoms with E-state index in [2.05, 4.69) is 13.8 Å². The van der Waals surface area contributed by atoms with Crippen molar-refractivity contribution in [2.45, 2.75) is 38.8 Å². The van der Waals surface area contributed by atoms with Crippen LogP contribution >= 0.6 is 0 Å². The number of carbonyl (C=O) groups excluding carboxylic acids is 1. The Morgan fingerprint density at radius 3 is 2.85 bits per heavy atom. The summed E-state index contributed by atoms with van der Waals surface area (Å²) in [5, 5.41) is 0. The third-order valence-corrected chi connectivity index (χ3v) is 2.80. The number of morpholine rings is 1. The third kappa shape index (κ3) is 1.70. The van der Waals surface area contributed by atoms with Crippen molar-refractivity contribution in [1.82, 2.24) is 4.90 Å². The van der Waals surface area contributed by atoms with Gasteiger partial charge in [-0.2, -0.15) is 0 Å². The van der Waals surface area contributed by atoms with Crippen molar-refractivity contribution in [3.63, 3.8) is 0 Å². The molecule has 74 valence electrons. The quantitative estimate of drug-likeness (QED) is 0.640. The molecule has 13 heavy (non-hydrogen) atoms. The molecule has 2 heterocycles. The summed E-state index contributed by atoms with van der Waals surface area (Å²) in [7, 11) is 0. The smallest absolute Gasteiger partial charge is 0.223 e. The normalized spacial score (nSPS) is 31.8. The van der Waals surface area contributed by atoms with Crippen molar-refractivity contribution in [3.05, 3.63) is 0 Å². The van der Waals surface area contributed by atoms with E-state index in [1.54, 1.807) is 0 Å². The lowest BCUT2D eigenvalue weighted by atomic mass is 10.1. The molecule has 0 spiro atoms. The van der Waals surface area contributed by atoms with E-state index >= 15 is 0 Å². The molecule has 2 fully saturated rings. The number of carbonyl (C=O) groups is 1. The molecule has 2 aliphatic heterocycles. The van der Waals surface area contributed by atoms with Crippen molar-refractivity contribution in [2.24, 2.45) is 5.92 Å². The fourth-order valence-electron chi connectivity index (χ4n) is 2.17. The van der Waals surface area contributed by atoms with Crippen LogP contribution in [0.4, 0.5) is 0 Å². The van der Waals surface area contributed by atoms with Gasteiger partial charge < -0.3 is 9.64 Å². The zero-order valence-electron chi connectivity index (χ0n) is 8.32. The zero-order valence-corrected chi connectivity index (χ0v) is 8.32. The first-order valence-electron chi connectivity index (χ1n) is 5.08. The van der Waals surface area contributed by atoms with Gasteiger partial charge in [-0.05, 0) is 12.3 Å². The summed E-state index contributed by atoms with van der Waals surface area (Å²) in [4.78, 5) is 13.7. The summed E-state index contributed by atoms with van der Waals surface area (Å²) < 4.78 is 5.44. The van der Waals surface area contributed by atoms with Gasteiger partial charge in [0.1, 0.15) is 0 Å². The van der Waals surface area contributed by atoms with Gasteiger partial charge in [-0.1, -0.05) is 13.8 Å². The Hall–Kier alpha value is -0.570. The highest BCUT2D eigenvalue weighted by Crippen LogP contribution is 2.28. The molecular formula is C10H17NO2. The minimum atomic E-state index is 0.311. The molecule has 2 saturated heterocycles. The molecule has 2 atom stereocenters. The van der Waals surface area contributed by atoms with Gasteiger partial charge in [0.25, 0.3) is 0 Å². The number of amides is 1. The number of nitrogens with zero attached hydrogens (tertiary/aromatic N) is 1. The highest BCUT2D eigenvalue weighted by atomic mass is 16.5. The predicted octanol–water partition coefficient (Wildman–Crippen LogP) is 1.03.